The number of hydrogen-bond acceptors (Lipinski definition) is 4. The fraction of sp³-hybridized carbons (Fsp3) is 0.250. The highest BCUT2D eigenvalue weighted by Crippen LogP contribution is 2.32. The molecule has 1 aliphatic heterocycles. The first kappa shape index (κ1) is 15.3. The summed E-state index contributed by atoms with van der Waals surface area (Å²) >= 11 is 0. The Labute approximate surface area is 149 Å². The van der Waals surface area contributed by atoms with Crippen LogP contribution in [0.25, 0.3) is 27.7 Å². The fourth-order valence-electron chi connectivity index (χ4n) is 3.96. The first-order valence-electron chi connectivity index (χ1n) is 8.97. The van der Waals surface area contributed by atoms with Gasteiger partial charge in [0.1, 0.15) is 5.65 Å². The van der Waals surface area contributed by atoms with Crippen molar-refractivity contribution in [3.63, 3.8) is 0 Å². The highest BCUT2D eigenvalue weighted by molar-refractivity contribution is 6.03. The molecule has 2 N–H and O–H groups in total. The predicted octanol–water partition coefficient (Wildman–Crippen LogP) is 2.70. The molecule has 0 aliphatic carbocycles. The number of piperidine rings is 1. The van der Waals surface area contributed by atoms with Crippen LogP contribution in [-0.4, -0.2) is 32.7 Å². The van der Waals surface area contributed by atoms with Crippen molar-refractivity contribution in [2.45, 2.75) is 18.8 Å². The van der Waals surface area contributed by atoms with Crippen molar-refractivity contribution in [3.05, 3.63) is 64.8 Å². The van der Waals surface area contributed by atoms with Gasteiger partial charge in [0.25, 0.3) is 5.56 Å². The van der Waals surface area contributed by atoms with Crippen molar-refractivity contribution in [2.24, 2.45) is 0 Å². The van der Waals surface area contributed by atoms with Crippen LogP contribution in [0.15, 0.2) is 53.6 Å². The summed E-state index contributed by atoms with van der Waals surface area (Å²) in [6.45, 7) is 1.95. The smallest absolute Gasteiger partial charge is 0.251 e. The lowest BCUT2D eigenvalue weighted by Crippen LogP contribution is -2.28. The second-order valence-electron chi connectivity index (χ2n) is 6.78. The highest BCUT2D eigenvalue weighted by Gasteiger charge is 2.21. The molecule has 26 heavy (non-hydrogen) atoms. The van der Waals surface area contributed by atoms with Gasteiger partial charge in [-0.2, -0.15) is 5.10 Å². The Morgan fingerprint density at radius 2 is 2.00 bits per heavy atom. The number of nitrogens with one attached hydrogen (secondary N) is 2. The van der Waals surface area contributed by atoms with Gasteiger partial charge in [-0.3, -0.25) is 9.78 Å². The van der Waals surface area contributed by atoms with E-state index in [-0.39, 0.29) is 5.56 Å². The minimum atomic E-state index is -0.0752. The molecule has 6 nitrogen and oxygen atoms in total. The van der Waals surface area contributed by atoms with Crippen LogP contribution in [0, 0.1) is 0 Å². The molecule has 0 unspecified atom stereocenters. The maximum atomic E-state index is 12.4. The monoisotopic (exact) mass is 345 g/mol. The van der Waals surface area contributed by atoms with Gasteiger partial charge in [-0.05, 0) is 43.6 Å². The van der Waals surface area contributed by atoms with Crippen molar-refractivity contribution in [1.82, 2.24) is 24.9 Å². The molecule has 4 heterocycles. The zero-order valence-electron chi connectivity index (χ0n) is 14.3. The van der Waals surface area contributed by atoms with Crippen molar-refractivity contribution < 1.29 is 0 Å². The molecule has 1 aliphatic rings. The summed E-state index contributed by atoms with van der Waals surface area (Å²) in [6.07, 6.45) is 5.64. The predicted molar refractivity (Wildman–Crippen MR) is 101 cm³/mol. The summed E-state index contributed by atoms with van der Waals surface area (Å²) in [7, 11) is 0. The number of hydrogen-bond donors (Lipinski definition) is 2. The summed E-state index contributed by atoms with van der Waals surface area (Å²) in [5.41, 5.74) is 4.61. The van der Waals surface area contributed by atoms with E-state index < -0.39 is 0 Å². The quantitative estimate of drug-likeness (QED) is 0.586. The van der Waals surface area contributed by atoms with E-state index in [4.69, 9.17) is 5.10 Å². The SMILES string of the molecule is O=c1cc(C2CCNCC2)n2nc3cccc(-c4cccnc4)c3c2[nH]1. The Morgan fingerprint density at radius 3 is 2.81 bits per heavy atom. The van der Waals surface area contributed by atoms with Gasteiger partial charge in [-0.1, -0.05) is 18.2 Å². The first-order chi connectivity index (χ1) is 12.8. The molecule has 5 rings (SSSR count). The van der Waals surface area contributed by atoms with E-state index in [1.165, 1.54) is 0 Å². The van der Waals surface area contributed by atoms with Gasteiger partial charge in [0, 0.05) is 29.9 Å². The Bertz CT molecular complexity index is 1140. The summed E-state index contributed by atoms with van der Waals surface area (Å²) in [6, 6.07) is 11.7. The molecule has 1 fully saturated rings. The zero-order valence-corrected chi connectivity index (χ0v) is 14.3. The van der Waals surface area contributed by atoms with Crippen LogP contribution in [0.3, 0.4) is 0 Å². The van der Waals surface area contributed by atoms with Crippen molar-refractivity contribution in [2.75, 3.05) is 13.1 Å². The van der Waals surface area contributed by atoms with Crippen LogP contribution >= 0.6 is 0 Å². The van der Waals surface area contributed by atoms with E-state index in [2.05, 4.69) is 21.4 Å². The molecule has 1 saturated heterocycles. The van der Waals surface area contributed by atoms with E-state index in [1.54, 1.807) is 12.3 Å². The average molecular weight is 345 g/mol. The summed E-state index contributed by atoms with van der Waals surface area (Å²) in [5, 5.41) is 9.17. The Kier molecular flexibility index (Phi) is 3.57. The van der Waals surface area contributed by atoms with E-state index >= 15 is 0 Å². The second-order valence-corrected chi connectivity index (χ2v) is 6.78. The van der Waals surface area contributed by atoms with Crippen molar-refractivity contribution >= 4 is 16.6 Å². The van der Waals surface area contributed by atoms with Gasteiger partial charge in [-0.25, -0.2) is 4.52 Å². The molecule has 1 aromatic carbocycles. The van der Waals surface area contributed by atoms with E-state index in [1.807, 2.05) is 35.0 Å². The molecule has 0 atom stereocenters. The number of benzene rings is 1. The number of aromatic nitrogens is 4. The van der Waals surface area contributed by atoms with Crippen LogP contribution in [0.2, 0.25) is 0 Å². The van der Waals surface area contributed by atoms with Gasteiger partial charge in [-0.15, -0.1) is 0 Å². The number of aromatic amines is 1. The normalized spacial score (nSPS) is 15.7. The largest absolute Gasteiger partial charge is 0.317 e. The average Bonchev–Trinajstić information content (AvgIpc) is 3.07. The van der Waals surface area contributed by atoms with Gasteiger partial charge >= 0.3 is 0 Å². The zero-order chi connectivity index (χ0) is 17.5. The highest BCUT2D eigenvalue weighted by atomic mass is 16.1. The molecule has 0 spiro atoms. The fourth-order valence-corrected chi connectivity index (χ4v) is 3.96. The molecular weight excluding hydrogens is 326 g/mol. The Hall–Kier alpha value is -2.99. The van der Waals surface area contributed by atoms with Crippen molar-refractivity contribution in [3.8, 4) is 11.1 Å². The number of nitrogens with zero attached hydrogens (tertiary/aromatic N) is 3. The first-order valence-corrected chi connectivity index (χ1v) is 8.97. The molecule has 4 aromatic rings. The molecule has 0 bridgehead atoms. The number of H-pyrrole nitrogens is 1. The van der Waals surface area contributed by atoms with E-state index in [0.29, 0.717) is 5.92 Å². The molecule has 3 aromatic heterocycles. The lowest BCUT2D eigenvalue weighted by molar-refractivity contribution is 0.446. The second kappa shape index (κ2) is 6.07. The lowest BCUT2D eigenvalue weighted by atomic mass is 9.94. The van der Waals surface area contributed by atoms with Gasteiger partial charge in [0.05, 0.1) is 16.6 Å². The summed E-state index contributed by atoms with van der Waals surface area (Å²) in [4.78, 5) is 19.7. The van der Waals surface area contributed by atoms with Crippen LogP contribution in [0.4, 0.5) is 0 Å². The standard InChI is InChI=1S/C20H19N5O/c26-18-11-17(13-6-9-21-10-7-13)25-20(23-18)19-15(4-1-5-16(19)24-25)14-3-2-8-22-12-14/h1-5,8,11-13,21H,6-7,9-10H2,(H,23,26). The third-order valence-electron chi connectivity index (χ3n) is 5.19. The van der Waals surface area contributed by atoms with Gasteiger partial charge in [0.15, 0.2) is 0 Å². The summed E-state index contributed by atoms with van der Waals surface area (Å²) < 4.78 is 1.93. The topological polar surface area (TPSA) is 75.1 Å². The molecule has 0 saturated carbocycles. The van der Waals surface area contributed by atoms with Crippen LogP contribution in [0.1, 0.15) is 24.5 Å². The van der Waals surface area contributed by atoms with Gasteiger partial charge in [0.2, 0.25) is 0 Å². The van der Waals surface area contributed by atoms with Crippen molar-refractivity contribution in [1.29, 1.82) is 0 Å². The number of rotatable bonds is 2. The Morgan fingerprint density at radius 1 is 1.12 bits per heavy atom. The summed E-state index contributed by atoms with van der Waals surface area (Å²) in [5.74, 6) is 0.345. The minimum absolute atomic E-state index is 0.0752. The minimum Gasteiger partial charge on any atom is -0.317 e. The molecule has 6 heteroatoms. The van der Waals surface area contributed by atoms with Gasteiger partial charge < -0.3 is 10.3 Å². The maximum absolute atomic E-state index is 12.4. The number of pyridine rings is 1. The van der Waals surface area contributed by atoms with E-state index in [0.717, 1.165) is 59.3 Å². The lowest BCUT2D eigenvalue weighted by Gasteiger charge is -2.23. The third kappa shape index (κ3) is 2.42. The van der Waals surface area contributed by atoms with E-state index in [9.17, 15) is 4.79 Å². The van der Waals surface area contributed by atoms with Crippen LogP contribution in [0.5, 0.6) is 0 Å². The molecule has 130 valence electrons. The molecular formula is C20H19N5O. The van der Waals surface area contributed by atoms with Crippen LogP contribution < -0.4 is 10.9 Å². The maximum Gasteiger partial charge on any atom is 0.251 e. The number of fused-ring (bicyclic) bond motifs is 3. The molecule has 0 radical (unpaired) electrons. The van der Waals surface area contributed by atoms with Crippen LogP contribution in [-0.2, 0) is 0 Å². The molecule has 0 amide bonds. The Balaban J connectivity index is 1.82. The third-order valence-corrected chi connectivity index (χ3v) is 5.19.